The van der Waals surface area contributed by atoms with E-state index in [4.69, 9.17) is 11.6 Å². The Bertz CT molecular complexity index is 678. The van der Waals surface area contributed by atoms with Gasteiger partial charge in [-0.05, 0) is 49.2 Å². The lowest BCUT2D eigenvalue weighted by molar-refractivity contribution is -0.126. The summed E-state index contributed by atoms with van der Waals surface area (Å²) in [4.78, 5) is 15.7. The molecule has 7 nitrogen and oxygen atoms in total. The molecule has 1 amide bonds. The van der Waals surface area contributed by atoms with Crippen LogP contribution in [0.4, 0.5) is 0 Å². The molecule has 1 aromatic heterocycles. The number of aromatic nitrogens is 4. The van der Waals surface area contributed by atoms with Crippen molar-refractivity contribution in [2.24, 2.45) is 5.92 Å². The predicted octanol–water partition coefficient (Wildman–Crippen LogP) is 1.80. The second-order valence-electron chi connectivity index (χ2n) is 5.92. The molecule has 1 saturated heterocycles. The molecule has 0 unspecified atom stereocenters. The van der Waals surface area contributed by atoms with Gasteiger partial charge in [-0.15, -0.1) is 15.0 Å². The number of rotatable bonds is 5. The Labute approximate surface area is 146 Å². The summed E-state index contributed by atoms with van der Waals surface area (Å²) >= 11 is 5.89. The van der Waals surface area contributed by atoms with Gasteiger partial charge in [0.2, 0.25) is 11.7 Å². The topological polar surface area (TPSA) is 75.9 Å². The fraction of sp³-hybridized carbons (Fsp3) is 0.500. The monoisotopic (exact) mass is 348 g/mol. The van der Waals surface area contributed by atoms with Gasteiger partial charge in [0.1, 0.15) is 6.67 Å². The van der Waals surface area contributed by atoms with Crippen LogP contribution in [0.15, 0.2) is 24.3 Å². The summed E-state index contributed by atoms with van der Waals surface area (Å²) in [5.41, 5.74) is 0.889. The largest absolute Gasteiger partial charge is 0.356 e. The van der Waals surface area contributed by atoms with E-state index >= 15 is 0 Å². The van der Waals surface area contributed by atoms with Gasteiger partial charge in [-0.2, -0.15) is 0 Å². The number of hydrogen-bond donors (Lipinski definition) is 1. The van der Waals surface area contributed by atoms with Crippen LogP contribution in [0.5, 0.6) is 0 Å². The van der Waals surface area contributed by atoms with Crippen molar-refractivity contribution in [3.8, 4) is 11.4 Å². The summed E-state index contributed by atoms with van der Waals surface area (Å²) in [6.45, 7) is 4.94. The molecule has 128 valence electrons. The van der Waals surface area contributed by atoms with Crippen molar-refractivity contribution in [2.45, 2.75) is 26.4 Å². The smallest absolute Gasteiger partial charge is 0.223 e. The molecule has 8 heteroatoms. The lowest BCUT2D eigenvalue weighted by atomic mass is 9.96. The van der Waals surface area contributed by atoms with Gasteiger partial charge in [0, 0.05) is 36.1 Å². The van der Waals surface area contributed by atoms with E-state index in [1.54, 1.807) is 4.80 Å². The SMILES string of the molecule is CCNC(=O)C1CCN(Cn2nnc(-c3ccc(Cl)cc3)n2)CC1. The maximum Gasteiger partial charge on any atom is 0.223 e. The summed E-state index contributed by atoms with van der Waals surface area (Å²) in [6.07, 6.45) is 1.73. The van der Waals surface area contributed by atoms with Gasteiger partial charge in [0.15, 0.2) is 0 Å². The van der Waals surface area contributed by atoms with Crippen molar-refractivity contribution in [2.75, 3.05) is 19.6 Å². The Hall–Kier alpha value is -1.99. The second kappa shape index (κ2) is 7.72. The third-order valence-electron chi connectivity index (χ3n) is 4.19. The van der Waals surface area contributed by atoms with E-state index in [-0.39, 0.29) is 11.8 Å². The van der Waals surface area contributed by atoms with Gasteiger partial charge >= 0.3 is 0 Å². The molecule has 1 N–H and O–H groups in total. The molecule has 0 spiro atoms. The molecule has 0 bridgehead atoms. The van der Waals surface area contributed by atoms with Gasteiger partial charge in [0.25, 0.3) is 0 Å². The molecule has 0 aliphatic carbocycles. The van der Waals surface area contributed by atoms with E-state index in [9.17, 15) is 4.79 Å². The van der Waals surface area contributed by atoms with E-state index in [0.29, 0.717) is 24.1 Å². The van der Waals surface area contributed by atoms with Crippen LogP contribution in [0.1, 0.15) is 19.8 Å². The van der Waals surface area contributed by atoms with Gasteiger partial charge in [0.05, 0.1) is 0 Å². The number of amides is 1. The van der Waals surface area contributed by atoms with E-state index in [2.05, 4.69) is 25.6 Å². The minimum atomic E-state index is 0.120. The molecule has 0 radical (unpaired) electrons. The molecule has 24 heavy (non-hydrogen) atoms. The number of benzene rings is 1. The maximum atomic E-state index is 11.9. The number of tetrazole rings is 1. The third kappa shape index (κ3) is 4.10. The van der Waals surface area contributed by atoms with Gasteiger partial charge in [-0.25, -0.2) is 0 Å². The molecule has 1 aliphatic rings. The molecule has 3 rings (SSSR count). The Morgan fingerprint density at radius 1 is 1.29 bits per heavy atom. The van der Waals surface area contributed by atoms with Crippen molar-refractivity contribution in [1.82, 2.24) is 30.4 Å². The summed E-state index contributed by atoms with van der Waals surface area (Å²) in [5, 5.41) is 16.2. The van der Waals surface area contributed by atoms with Gasteiger partial charge in [-0.3, -0.25) is 9.69 Å². The number of carbonyl (C=O) groups is 1. The number of carbonyl (C=O) groups excluding carboxylic acids is 1. The Morgan fingerprint density at radius 3 is 2.67 bits per heavy atom. The first kappa shape index (κ1) is 16.9. The summed E-state index contributed by atoms with van der Waals surface area (Å²) in [7, 11) is 0. The number of nitrogens with zero attached hydrogens (tertiary/aromatic N) is 5. The first-order chi connectivity index (χ1) is 11.7. The zero-order valence-corrected chi connectivity index (χ0v) is 14.4. The van der Waals surface area contributed by atoms with Crippen LogP contribution < -0.4 is 5.32 Å². The van der Waals surface area contributed by atoms with Gasteiger partial charge in [-0.1, -0.05) is 11.6 Å². The molecular weight excluding hydrogens is 328 g/mol. The summed E-state index contributed by atoms with van der Waals surface area (Å²) in [5.74, 6) is 0.875. The van der Waals surface area contributed by atoms with Crippen molar-refractivity contribution < 1.29 is 4.79 Å². The van der Waals surface area contributed by atoms with Crippen LogP contribution in [-0.2, 0) is 11.5 Å². The summed E-state index contributed by atoms with van der Waals surface area (Å²) in [6, 6.07) is 7.37. The molecule has 2 heterocycles. The lowest BCUT2D eigenvalue weighted by Crippen LogP contribution is -2.41. The van der Waals surface area contributed by atoms with Crippen LogP contribution in [0.2, 0.25) is 5.02 Å². The highest BCUT2D eigenvalue weighted by atomic mass is 35.5. The van der Waals surface area contributed by atoms with Crippen LogP contribution in [0.25, 0.3) is 11.4 Å². The van der Waals surface area contributed by atoms with Crippen LogP contribution >= 0.6 is 11.6 Å². The van der Waals surface area contributed by atoms with Crippen molar-refractivity contribution >= 4 is 17.5 Å². The number of likely N-dealkylation sites (tertiary alicyclic amines) is 1. The molecule has 1 aromatic carbocycles. The summed E-state index contributed by atoms with van der Waals surface area (Å²) < 4.78 is 0. The molecule has 0 saturated carbocycles. The molecule has 0 atom stereocenters. The fourth-order valence-electron chi connectivity index (χ4n) is 2.85. The highest BCUT2D eigenvalue weighted by Gasteiger charge is 2.24. The lowest BCUT2D eigenvalue weighted by Gasteiger charge is -2.30. The zero-order chi connectivity index (χ0) is 16.9. The predicted molar refractivity (Wildman–Crippen MR) is 91.2 cm³/mol. The van der Waals surface area contributed by atoms with Crippen molar-refractivity contribution in [3.05, 3.63) is 29.3 Å². The fourth-order valence-corrected chi connectivity index (χ4v) is 2.98. The van der Waals surface area contributed by atoms with Crippen molar-refractivity contribution in [3.63, 3.8) is 0 Å². The highest BCUT2D eigenvalue weighted by molar-refractivity contribution is 6.30. The third-order valence-corrected chi connectivity index (χ3v) is 4.44. The number of nitrogens with one attached hydrogen (secondary N) is 1. The normalized spacial score (nSPS) is 16.2. The number of hydrogen-bond acceptors (Lipinski definition) is 5. The minimum Gasteiger partial charge on any atom is -0.356 e. The quantitative estimate of drug-likeness (QED) is 0.891. The highest BCUT2D eigenvalue weighted by Crippen LogP contribution is 2.19. The molecule has 1 aliphatic heterocycles. The number of piperidine rings is 1. The van der Waals surface area contributed by atoms with E-state index in [1.807, 2.05) is 31.2 Å². The molecule has 1 fully saturated rings. The Kier molecular flexibility index (Phi) is 5.42. The molecular formula is C16H21ClN6O. The van der Waals surface area contributed by atoms with Gasteiger partial charge < -0.3 is 5.32 Å². The first-order valence-corrected chi connectivity index (χ1v) is 8.57. The Balaban J connectivity index is 1.54. The maximum absolute atomic E-state index is 11.9. The average molecular weight is 349 g/mol. The zero-order valence-electron chi connectivity index (χ0n) is 13.7. The second-order valence-corrected chi connectivity index (χ2v) is 6.36. The standard InChI is InChI=1S/C16H21ClN6O/c1-2-18-16(24)13-7-9-22(10-8-13)11-23-20-15(19-21-23)12-3-5-14(17)6-4-12/h3-6,13H,2,7-11H2,1H3,(H,18,24). The van der Waals surface area contributed by atoms with Crippen LogP contribution in [0.3, 0.4) is 0 Å². The van der Waals surface area contributed by atoms with Crippen LogP contribution in [0, 0.1) is 5.92 Å². The Morgan fingerprint density at radius 2 is 2.00 bits per heavy atom. The minimum absolute atomic E-state index is 0.120. The van der Waals surface area contributed by atoms with Crippen molar-refractivity contribution in [1.29, 1.82) is 0 Å². The average Bonchev–Trinajstić information content (AvgIpc) is 3.05. The van der Waals surface area contributed by atoms with E-state index in [0.717, 1.165) is 31.5 Å². The number of halogens is 1. The van der Waals surface area contributed by atoms with E-state index < -0.39 is 0 Å². The van der Waals surface area contributed by atoms with Crippen LogP contribution in [-0.4, -0.2) is 50.6 Å². The van der Waals surface area contributed by atoms with E-state index in [1.165, 1.54) is 0 Å². The molecule has 2 aromatic rings. The first-order valence-electron chi connectivity index (χ1n) is 8.19.